The van der Waals surface area contributed by atoms with Crippen LogP contribution in [0.2, 0.25) is 0 Å². The molecule has 2 aliphatic heterocycles. The van der Waals surface area contributed by atoms with Gasteiger partial charge in [0.1, 0.15) is 0 Å². The second kappa shape index (κ2) is 6.41. The Morgan fingerprint density at radius 2 is 2.11 bits per heavy atom. The van der Waals surface area contributed by atoms with E-state index in [0.29, 0.717) is 24.2 Å². The molecule has 1 saturated carbocycles. The summed E-state index contributed by atoms with van der Waals surface area (Å²) >= 11 is 0. The van der Waals surface area contributed by atoms with Crippen molar-refractivity contribution in [2.24, 2.45) is 13.0 Å². The third-order valence-electron chi connectivity index (χ3n) is 6.28. The van der Waals surface area contributed by atoms with E-state index in [1.165, 1.54) is 0 Å². The number of carbonyl (C=O) groups excluding carboxylic acids is 1. The van der Waals surface area contributed by atoms with Crippen LogP contribution in [0.5, 0.6) is 0 Å². The fraction of sp³-hybridized carbons (Fsp3) is 0.409. The second-order valence-corrected chi connectivity index (χ2v) is 8.13. The minimum Gasteiger partial charge on any atom is -0.376 e. The molecule has 28 heavy (non-hydrogen) atoms. The molecule has 1 atom stereocenters. The van der Waals surface area contributed by atoms with Gasteiger partial charge in [-0.05, 0) is 49.8 Å². The lowest BCUT2D eigenvalue weighted by atomic mass is 9.75. The number of fused-ring (bicyclic) bond motifs is 3. The van der Waals surface area contributed by atoms with Crippen LogP contribution in [-0.4, -0.2) is 39.4 Å². The molecule has 1 N–H and O–H groups in total. The summed E-state index contributed by atoms with van der Waals surface area (Å²) in [6, 6.07) is 6.04. The van der Waals surface area contributed by atoms with Crippen LogP contribution in [-0.2, 0) is 11.8 Å². The Hall–Kier alpha value is -2.73. The molecule has 3 aromatic rings. The fourth-order valence-electron chi connectivity index (χ4n) is 4.27. The number of rotatable bonds is 3. The van der Waals surface area contributed by atoms with E-state index in [0.717, 1.165) is 46.1 Å². The van der Waals surface area contributed by atoms with Crippen molar-refractivity contribution in [3.8, 4) is 11.3 Å². The lowest BCUT2D eigenvalue weighted by Gasteiger charge is -2.46. The average molecular weight is 376 g/mol. The highest BCUT2D eigenvalue weighted by Gasteiger charge is 2.41. The standard InChI is InChI=1S/C22H24N4O2/c1-12-4-5-17-18(22(27)25-20-11-28-16-6-14(20)7-16)8-19(24-21(17)13(12)2)15-9-23-26(3)10-15/h4-5,8-10,14,16,20H,6-7,11H2,1-3H3,(H,25,27). The van der Waals surface area contributed by atoms with Gasteiger partial charge in [-0.15, -0.1) is 0 Å². The molecule has 0 radical (unpaired) electrons. The van der Waals surface area contributed by atoms with Gasteiger partial charge in [0.05, 0.1) is 41.7 Å². The highest BCUT2D eigenvalue weighted by Crippen LogP contribution is 2.38. The Morgan fingerprint density at radius 3 is 2.79 bits per heavy atom. The van der Waals surface area contributed by atoms with E-state index in [1.54, 1.807) is 10.9 Å². The van der Waals surface area contributed by atoms with Crippen LogP contribution < -0.4 is 5.32 Å². The summed E-state index contributed by atoms with van der Waals surface area (Å²) in [6.45, 7) is 4.74. The zero-order valence-electron chi connectivity index (χ0n) is 16.4. The fourth-order valence-corrected chi connectivity index (χ4v) is 4.27. The predicted molar refractivity (Wildman–Crippen MR) is 107 cm³/mol. The highest BCUT2D eigenvalue weighted by atomic mass is 16.5. The van der Waals surface area contributed by atoms with Gasteiger partial charge in [-0.25, -0.2) is 4.98 Å². The van der Waals surface area contributed by atoms with Crippen molar-refractivity contribution in [1.82, 2.24) is 20.1 Å². The van der Waals surface area contributed by atoms with Gasteiger partial charge in [-0.2, -0.15) is 5.10 Å². The molecule has 4 heterocycles. The van der Waals surface area contributed by atoms with Gasteiger partial charge in [0.15, 0.2) is 0 Å². The quantitative estimate of drug-likeness (QED) is 0.762. The number of nitrogens with one attached hydrogen (secondary N) is 1. The Labute approximate surface area is 163 Å². The largest absolute Gasteiger partial charge is 0.376 e. The molecule has 2 saturated heterocycles. The summed E-state index contributed by atoms with van der Waals surface area (Å²) in [6.07, 6.45) is 6.22. The number of carbonyl (C=O) groups is 1. The minimum atomic E-state index is -0.0558. The number of hydrogen-bond donors (Lipinski definition) is 1. The smallest absolute Gasteiger partial charge is 0.252 e. The molecular formula is C22H24N4O2. The Morgan fingerprint density at radius 1 is 1.29 bits per heavy atom. The van der Waals surface area contributed by atoms with Crippen LogP contribution in [0.25, 0.3) is 22.2 Å². The number of ether oxygens (including phenoxy) is 1. The molecular weight excluding hydrogens is 352 g/mol. The van der Waals surface area contributed by atoms with E-state index in [4.69, 9.17) is 9.72 Å². The van der Waals surface area contributed by atoms with Gasteiger partial charge in [0.2, 0.25) is 0 Å². The average Bonchev–Trinajstić information content (AvgIpc) is 3.10. The minimum absolute atomic E-state index is 0.0558. The van der Waals surface area contributed by atoms with Crippen LogP contribution in [0.4, 0.5) is 0 Å². The Balaban J connectivity index is 1.59. The third kappa shape index (κ3) is 2.79. The van der Waals surface area contributed by atoms with Crippen molar-refractivity contribution < 1.29 is 9.53 Å². The lowest BCUT2D eigenvalue weighted by Crippen LogP contribution is -2.55. The monoisotopic (exact) mass is 376 g/mol. The van der Waals surface area contributed by atoms with Gasteiger partial charge < -0.3 is 10.1 Å². The predicted octanol–water partition coefficient (Wildman–Crippen LogP) is 3.16. The summed E-state index contributed by atoms with van der Waals surface area (Å²) in [5.41, 5.74) is 5.46. The molecule has 2 aromatic heterocycles. The molecule has 1 aromatic carbocycles. The zero-order chi connectivity index (χ0) is 19.4. The third-order valence-corrected chi connectivity index (χ3v) is 6.28. The van der Waals surface area contributed by atoms with E-state index in [9.17, 15) is 4.79 Å². The van der Waals surface area contributed by atoms with E-state index in [2.05, 4.69) is 30.3 Å². The molecule has 2 bridgehead atoms. The molecule has 1 amide bonds. The summed E-state index contributed by atoms with van der Waals surface area (Å²) < 4.78 is 7.52. The highest BCUT2D eigenvalue weighted by molar-refractivity contribution is 6.08. The van der Waals surface area contributed by atoms with Crippen LogP contribution in [0.3, 0.4) is 0 Å². The van der Waals surface area contributed by atoms with E-state index in [1.807, 2.05) is 25.4 Å². The molecule has 6 heteroatoms. The van der Waals surface area contributed by atoms with Crippen LogP contribution in [0.1, 0.15) is 34.3 Å². The molecule has 3 aliphatic rings. The molecule has 144 valence electrons. The molecule has 3 fully saturated rings. The van der Waals surface area contributed by atoms with Crippen molar-refractivity contribution in [2.45, 2.75) is 38.8 Å². The van der Waals surface area contributed by atoms with Gasteiger partial charge in [0, 0.05) is 24.2 Å². The zero-order valence-corrected chi connectivity index (χ0v) is 16.4. The number of pyridine rings is 1. The van der Waals surface area contributed by atoms with Crippen LogP contribution in [0, 0.1) is 19.8 Å². The number of benzene rings is 1. The summed E-state index contributed by atoms with van der Waals surface area (Å²) in [5, 5.41) is 8.36. The summed E-state index contributed by atoms with van der Waals surface area (Å²) in [5.74, 6) is 0.484. The Kier molecular flexibility index (Phi) is 3.98. The SMILES string of the molecule is Cc1ccc2c(C(=O)NC3COC4CC3C4)cc(-c3cnn(C)c3)nc2c1C. The van der Waals surface area contributed by atoms with Crippen molar-refractivity contribution in [1.29, 1.82) is 0 Å². The van der Waals surface area contributed by atoms with Crippen LogP contribution in [0.15, 0.2) is 30.6 Å². The molecule has 0 spiro atoms. The van der Waals surface area contributed by atoms with Gasteiger partial charge >= 0.3 is 0 Å². The second-order valence-electron chi connectivity index (χ2n) is 8.13. The first-order valence-corrected chi connectivity index (χ1v) is 9.82. The summed E-state index contributed by atoms with van der Waals surface area (Å²) in [4.78, 5) is 18.1. The van der Waals surface area contributed by atoms with Gasteiger partial charge in [0.25, 0.3) is 5.91 Å². The maximum absolute atomic E-state index is 13.3. The van der Waals surface area contributed by atoms with E-state index in [-0.39, 0.29) is 11.9 Å². The topological polar surface area (TPSA) is 69.0 Å². The maximum atomic E-state index is 13.3. The molecule has 6 nitrogen and oxygen atoms in total. The van der Waals surface area contributed by atoms with Crippen molar-refractivity contribution in [3.05, 3.63) is 47.3 Å². The van der Waals surface area contributed by atoms with Gasteiger partial charge in [-0.1, -0.05) is 12.1 Å². The number of nitrogens with zero attached hydrogens (tertiary/aromatic N) is 3. The first-order chi connectivity index (χ1) is 13.5. The van der Waals surface area contributed by atoms with Crippen molar-refractivity contribution in [2.75, 3.05) is 6.61 Å². The Bertz CT molecular complexity index is 1080. The van der Waals surface area contributed by atoms with E-state index < -0.39 is 0 Å². The number of hydrogen-bond acceptors (Lipinski definition) is 4. The first-order valence-electron chi connectivity index (χ1n) is 9.82. The first kappa shape index (κ1) is 17.4. The summed E-state index contributed by atoms with van der Waals surface area (Å²) in [7, 11) is 1.88. The van der Waals surface area contributed by atoms with Gasteiger partial charge in [-0.3, -0.25) is 9.48 Å². The number of amides is 1. The molecule has 6 rings (SSSR count). The molecule has 1 unspecified atom stereocenters. The normalized spacial score (nSPS) is 23.5. The molecule has 1 aliphatic carbocycles. The van der Waals surface area contributed by atoms with Crippen LogP contribution >= 0.6 is 0 Å². The van der Waals surface area contributed by atoms with Crippen molar-refractivity contribution in [3.63, 3.8) is 0 Å². The maximum Gasteiger partial charge on any atom is 0.252 e. The lowest BCUT2D eigenvalue weighted by molar-refractivity contribution is -0.108. The van der Waals surface area contributed by atoms with Crippen molar-refractivity contribution >= 4 is 16.8 Å². The van der Waals surface area contributed by atoms with E-state index >= 15 is 0 Å². The number of aromatic nitrogens is 3. The number of aryl methyl sites for hydroxylation is 3.